The Kier molecular flexibility index (Phi) is 2.66. The molecule has 0 radical (unpaired) electrons. The molecule has 1 saturated carbocycles. The molecular formula is C12H16BrNOS. The van der Waals surface area contributed by atoms with Crippen LogP contribution in [-0.4, -0.2) is 26.8 Å². The lowest BCUT2D eigenvalue weighted by atomic mass is 9.69. The maximum atomic E-state index is 5.54. The van der Waals surface area contributed by atoms with Gasteiger partial charge < -0.3 is 10.1 Å². The van der Waals surface area contributed by atoms with Crippen molar-refractivity contribution in [2.24, 2.45) is 5.41 Å². The van der Waals surface area contributed by atoms with E-state index < -0.39 is 0 Å². The van der Waals surface area contributed by atoms with E-state index in [1.54, 1.807) is 0 Å². The summed E-state index contributed by atoms with van der Waals surface area (Å²) < 4.78 is 6.77. The van der Waals surface area contributed by atoms with Crippen molar-refractivity contribution in [2.75, 3.05) is 26.8 Å². The molecule has 1 aliphatic carbocycles. The molecule has 0 unspecified atom stereocenters. The number of halogens is 1. The molecule has 2 nitrogen and oxygen atoms in total. The Morgan fingerprint density at radius 2 is 2.19 bits per heavy atom. The Balaban J connectivity index is 1.94. The molecule has 0 spiro atoms. The molecule has 0 bridgehead atoms. The Bertz CT molecular complexity index is 395. The molecule has 0 atom stereocenters. The molecule has 2 fully saturated rings. The van der Waals surface area contributed by atoms with E-state index in [1.165, 1.54) is 21.5 Å². The highest BCUT2D eigenvalue weighted by Gasteiger charge is 2.63. The molecule has 2 heterocycles. The summed E-state index contributed by atoms with van der Waals surface area (Å²) in [5, 5.41) is 3.36. The lowest BCUT2D eigenvalue weighted by molar-refractivity contribution is -0.0966. The number of hydrogen-bond donors (Lipinski definition) is 1. The average Bonchev–Trinajstić information content (AvgIpc) is 2.82. The van der Waals surface area contributed by atoms with Gasteiger partial charge in [-0.05, 0) is 53.4 Å². The third-order valence-corrected chi connectivity index (χ3v) is 5.95. The third kappa shape index (κ3) is 1.43. The van der Waals surface area contributed by atoms with Gasteiger partial charge in [-0.1, -0.05) is 0 Å². The Labute approximate surface area is 109 Å². The Morgan fingerprint density at radius 3 is 2.56 bits per heavy atom. The van der Waals surface area contributed by atoms with E-state index in [4.69, 9.17) is 4.74 Å². The van der Waals surface area contributed by atoms with E-state index in [0.717, 1.165) is 19.8 Å². The maximum absolute atomic E-state index is 5.54. The quantitative estimate of drug-likeness (QED) is 0.923. The summed E-state index contributed by atoms with van der Waals surface area (Å²) in [6.07, 6.45) is 2.68. The first-order chi connectivity index (χ1) is 7.72. The van der Waals surface area contributed by atoms with E-state index in [0.29, 0.717) is 10.8 Å². The third-order valence-electron chi connectivity index (χ3n) is 4.13. The highest BCUT2D eigenvalue weighted by molar-refractivity contribution is 9.11. The molecule has 2 aliphatic rings. The Hall–Kier alpha value is 0.1000. The van der Waals surface area contributed by atoms with Crippen LogP contribution in [0.3, 0.4) is 0 Å². The smallest absolute Gasteiger partial charge is 0.0701 e. The van der Waals surface area contributed by atoms with Crippen molar-refractivity contribution in [3.8, 4) is 0 Å². The topological polar surface area (TPSA) is 21.3 Å². The molecule has 1 N–H and O–H groups in total. The normalized spacial score (nSPS) is 25.1. The molecule has 0 amide bonds. The molecule has 16 heavy (non-hydrogen) atoms. The lowest BCUT2D eigenvalue weighted by Gasteiger charge is -2.47. The fourth-order valence-electron chi connectivity index (χ4n) is 2.90. The van der Waals surface area contributed by atoms with Gasteiger partial charge in [-0.2, -0.15) is 0 Å². The first-order valence-electron chi connectivity index (χ1n) is 5.71. The predicted octanol–water partition coefficient (Wildman–Crippen LogP) is 2.78. The molecule has 1 aliphatic heterocycles. The standard InChI is InChI=1S/C12H16BrNOS/c1-14-6-11(4-5-11)12(7-15-8-12)9-2-3-10(13)16-9/h2-3,14H,4-8H2,1H3. The number of thiophene rings is 1. The molecule has 1 aromatic heterocycles. The summed E-state index contributed by atoms with van der Waals surface area (Å²) in [5.41, 5.74) is 0.761. The number of hydrogen-bond acceptors (Lipinski definition) is 3. The second-order valence-electron chi connectivity index (χ2n) is 4.99. The van der Waals surface area contributed by atoms with Crippen LogP contribution in [0, 0.1) is 5.41 Å². The maximum Gasteiger partial charge on any atom is 0.0701 e. The summed E-state index contributed by atoms with van der Waals surface area (Å²) >= 11 is 5.44. The first kappa shape index (κ1) is 11.2. The van der Waals surface area contributed by atoms with E-state index >= 15 is 0 Å². The monoisotopic (exact) mass is 301 g/mol. The average molecular weight is 302 g/mol. The zero-order valence-electron chi connectivity index (χ0n) is 9.38. The van der Waals surface area contributed by atoms with Crippen LogP contribution < -0.4 is 5.32 Å². The minimum Gasteiger partial charge on any atom is -0.379 e. The van der Waals surface area contributed by atoms with Crippen LogP contribution in [-0.2, 0) is 10.2 Å². The van der Waals surface area contributed by atoms with Gasteiger partial charge in [0.1, 0.15) is 0 Å². The van der Waals surface area contributed by atoms with Gasteiger partial charge in [0.15, 0.2) is 0 Å². The summed E-state index contributed by atoms with van der Waals surface area (Å²) in [7, 11) is 2.05. The summed E-state index contributed by atoms with van der Waals surface area (Å²) in [5.74, 6) is 0. The molecule has 4 heteroatoms. The van der Waals surface area contributed by atoms with Crippen LogP contribution in [0.5, 0.6) is 0 Å². The molecule has 3 rings (SSSR count). The van der Waals surface area contributed by atoms with E-state index in [9.17, 15) is 0 Å². The highest BCUT2D eigenvalue weighted by Crippen LogP contribution is 2.63. The molecule has 1 aromatic rings. The van der Waals surface area contributed by atoms with Gasteiger partial charge in [-0.3, -0.25) is 0 Å². The first-order valence-corrected chi connectivity index (χ1v) is 7.32. The second kappa shape index (κ2) is 3.80. The van der Waals surface area contributed by atoms with Crippen molar-refractivity contribution in [3.63, 3.8) is 0 Å². The van der Waals surface area contributed by atoms with E-state index in [-0.39, 0.29) is 0 Å². The largest absolute Gasteiger partial charge is 0.379 e. The van der Waals surface area contributed by atoms with E-state index in [2.05, 4.69) is 40.4 Å². The number of rotatable bonds is 4. The van der Waals surface area contributed by atoms with Gasteiger partial charge >= 0.3 is 0 Å². The fraction of sp³-hybridized carbons (Fsp3) is 0.667. The molecule has 88 valence electrons. The van der Waals surface area contributed by atoms with Gasteiger partial charge in [0.2, 0.25) is 0 Å². The van der Waals surface area contributed by atoms with Crippen LogP contribution in [0.1, 0.15) is 17.7 Å². The van der Waals surface area contributed by atoms with Crippen LogP contribution in [0.15, 0.2) is 15.9 Å². The highest BCUT2D eigenvalue weighted by atomic mass is 79.9. The van der Waals surface area contributed by atoms with Crippen molar-refractivity contribution in [3.05, 3.63) is 20.8 Å². The SMILES string of the molecule is CNCC1(C2(c3ccc(Br)s3)COC2)CC1. The van der Waals surface area contributed by atoms with Crippen molar-refractivity contribution < 1.29 is 4.74 Å². The van der Waals surface area contributed by atoms with Gasteiger partial charge in [-0.25, -0.2) is 0 Å². The van der Waals surface area contributed by atoms with Gasteiger partial charge in [0, 0.05) is 11.4 Å². The molecule has 1 saturated heterocycles. The zero-order chi connectivity index (χ0) is 11.2. The lowest BCUT2D eigenvalue weighted by Crippen LogP contribution is -2.55. The van der Waals surface area contributed by atoms with Crippen LogP contribution in [0.2, 0.25) is 0 Å². The summed E-state index contributed by atoms with van der Waals surface area (Å²) in [4.78, 5) is 1.50. The van der Waals surface area contributed by atoms with Crippen LogP contribution >= 0.6 is 27.3 Å². The van der Waals surface area contributed by atoms with Crippen molar-refractivity contribution >= 4 is 27.3 Å². The van der Waals surface area contributed by atoms with Crippen LogP contribution in [0.25, 0.3) is 0 Å². The summed E-state index contributed by atoms with van der Waals surface area (Å²) in [6.45, 7) is 2.93. The van der Waals surface area contributed by atoms with Gasteiger partial charge in [0.05, 0.1) is 22.4 Å². The molecule has 0 aromatic carbocycles. The van der Waals surface area contributed by atoms with Gasteiger partial charge in [-0.15, -0.1) is 11.3 Å². The second-order valence-corrected chi connectivity index (χ2v) is 7.45. The fourth-order valence-corrected chi connectivity index (χ4v) is 4.57. The van der Waals surface area contributed by atoms with Crippen molar-refractivity contribution in [2.45, 2.75) is 18.3 Å². The zero-order valence-corrected chi connectivity index (χ0v) is 11.8. The van der Waals surface area contributed by atoms with Crippen LogP contribution in [0.4, 0.5) is 0 Å². The van der Waals surface area contributed by atoms with Gasteiger partial charge in [0.25, 0.3) is 0 Å². The minimum atomic E-state index is 0.298. The number of ether oxygens (including phenoxy) is 1. The number of nitrogens with one attached hydrogen (secondary N) is 1. The molecular weight excluding hydrogens is 286 g/mol. The van der Waals surface area contributed by atoms with Crippen molar-refractivity contribution in [1.82, 2.24) is 5.32 Å². The predicted molar refractivity (Wildman–Crippen MR) is 70.1 cm³/mol. The van der Waals surface area contributed by atoms with Crippen molar-refractivity contribution in [1.29, 1.82) is 0 Å². The summed E-state index contributed by atoms with van der Waals surface area (Å²) in [6, 6.07) is 4.43. The van der Waals surface area contributed by atoms with E-state index in [1.807, 2.05) is 11.3 Å². The minimum absolute atomic E-state index is 0.298. The Morgan fingerprint density at radius 1 is 1.44 bits per heavy atom.